The lowest BCUT2D eigenvalue weighted by Crippen LogP contribution is -2.14. The number of nitrogen functional groups attached to an aromatic ring is 1. The van der Waals surface area contributed by atoms with Crippen LogP contribution in [0.15, 0.2) is 84.9 Å². The van der Waals surface area contributed by atoms with Gasteiger partial charge in [0.15, 0.2) is 0 Å². The number of aromatic nitrogens is 2. The fourth-order valence-electron chi connectivity index (χ4n) is 4.75. The van der Waals surface area contributed by atoms with Crippen molar-refractivity contribution >= 4 is 23.3 Å². The second-order valence-corrected chi connectivity index (χ2v) is 8.83. The van der Waals surface area contributed by atoms with Crippen LogP contribution < -0.4 is 11.1 Å². The zero-order chi connectivity index (χ0) is 26.1. The van der Waals surface area contributed by atoms with Gasteiger partial charge in [-0.05, 0) is 48.2 Å². The summed E-state index contributed by atoms with van der Waals surface area (Å²) < 4.78 is 0. The number of carbonyl (C=O) groups is 2. The molecule has 2 aromatic heterocycles. The second-order valence-electron chi connectivity index (χ2n) is 8.83. The first-order valence-corrected chi connectivity index (χ1v) is 11.8. The van der Waals surface area contributed by atoms with Crippen LogP contribution in [0, 0.1) is 13.8 Å². The molecule has 3 aromatic carbocycles. The first kappa shape index (κ1) is 23.7. The third kappa shape index (κ3) is 4.27. The van der Waals surface area contributed by atoms with E-state index in [4.69, 9.17) is 5.73 Å². The first-order valence-electron chi connectivity index (χ1n) is 11.8. The number of nitrogens with two attached hydrogens (primary N) is 1. The Morgan fingerprint density at radius 2 is 1.16 bits per heavy atom. The lowest BCUT2D eigenvalue weighted by Gasteiger charge is -2.09. The quantitative estimate of drug-likeness (QED) is 0.174. The molecule has 0 aliphatic rings. The van der Waals surface area contributed by atoms with Crippen LogP contribution in [-0.4, -0.2) is 27.0 Å². The van der Waals surface area contributed by atoms with Gasteiger partial charge in [-0.15, -0.1) is 0 Å². The third-order valence-corrected chi connectivity index (χ3v) is 6.52. The van der Waals surface area contributed by atoms with Gasteiger partial charge in [-0.2, -0.15) is 0 Å². The van der Waals surface area contributed by atoms with E-state index in [1.165, 1.54) is 0 Å². The Kier molecular flexibility index (Phi) is 6.11. The fraction of sp³-hybridized carbons (Fsp3) is 0.0667. The topological polar surface area (TPSA) is 124 Å². The molecule has 0 fully saturated rings. The van der Waals surface area contributed by atoms with E-state index in [2.05, 4.69) is 15.3 Å². The van der Waals surface area contributed by atoms with Crippen LogP contribution in [0.3, 0.4) is 0 Å². The molecule has 7 heteroatoms. The van der Waals surface area contributed by atoms with Gasteiger partial charge in [0.05, 0.1) is 22.8 Å². The highest BCUT2D eigenvalue weighted by atomic mass is 16.4. The molecule has 37 heavy (non-hydrogen) atoms. The van der Waals surface area contributed by atoms with Gasteiger partial charge in [0.25, 0.3) is 5.91 Å². The summed E-state index contributed by atoms with van der Waals surface area (Å²) in [6.45, 7) is 3.80. The maximum Gasteiger partial charge on any atom is 0.352 e. The molecule has 0 spiro atoms. The van der Waals surface area contributed by atoms with E-state index >= 15 is 0 Å². The number of para-hydroxylation sites is 2. The average Bonchev–Trinajstić information content (AvgIpc) is 3.43. The Labute approximate surface area is 214 Å². The highest BCUT2D eigenvalue weighted by Gasteiger charge is 2.27. The number of nitrogens with one attached hydrogen (secondary N) is 3. The number of rotatable bonds is 6. The number of carboxylic acid groups (broad SMARTS) is 1. The van der Waals surface area contributed by atoms with Gasteiger partial charge >= 0.3 is 5.97 Å². The van der Waals surface area contributed by atoms with Gasteiger partial charge in [-0.3, -0.25) is 4.79 Å². The molecular weight excluding hydrogens is 464 g/mol. The van der Waals surface area contributed by atoms with E-state index in [-0.39, 0.29) is 11.6 Å². The van der Waals surface area contributed by atoms with Crippen molar-refractivity contribution in [2.24, 2.45) is 0 Å². The van der Waals surface area contributed by atoms with Gasteiger partial charge < -0.3 is 26.1 Å². The molecule has 0 atom stereocenters. The Morgan fingerprint density at radius 1 is 0.703 bits per heavy atom. The molecule has 0 aliphatic carbocycles. The number of H-pyrrole nitrogens is 2. The van der Waals surface area contributed by atoms with Gasteiger partial charge in [-0.1, -0.05) is 72.8 Å². The number of aromatic amines is 2. The minimum atomic E-state index is -1.06. The van der Waals surface area contributed by atoms with Gasteiger partial charge in [0.2, 0.25) is 0 Å². The number of anilines is 2. The van der Waals surface area contributed by atoms with Crippen molar-refractivity contribution in [3.8, 4) is 33.6 Å². The highest BCUT2D eigenvalue weighted by Crippen LogP contribution is 2.40. The summed E-state index contributed by atoms with van der Waals surface area (Å²) in [4.78, 5) is 32.1. The van der Waals surface area contributed by atoms with Crippen molar-refractivity contribution in [1.82, 2.24) is 9.97 Å². The number of aromatic carboxylic acids is 1. The monoisotopic (exact) mass is 490 g/mol. The number of amides is 1. The zero-order valence-corrected chi connectivity index (χ0v) is 20.4. The van der Waals surface area contributed by atoms with Crippen LogP contribution in [0.2, 0.25) is 0 Å². The molecule has 2 heterocycles. The maximum atomic E-state index is 13.5. The van der Waals surface area contributed by atoms with Crippen molar-refractivity contribution in [1.29, 1.82) is 0 Å². The zero-order valence-electron chi connectivity index (χ0n) is 20.4. The average molecular weight is 491 g/mol. The molecular formula is C30H26N4O3. The van der Waals surface area contributed by atoms with Crippen LogP contribution in [-0.2, 0) is 0 Å². The predicted octanol–water partition coefficient (Wildman–Crippen LogP) is 6.49. The summed E-state index contributed by atoms with van der Waals surface area (Å²) >= 11 is 0. The number of carboxylic acids is 1. The Balaban J connectivity index is 1.70. The molecule has 5 aromatic rings. The lowest BCUT2D eigenvalue weighted by atomic mass is 9.97. The summed E-state index contributed by atoms with van der Waals surface area (Å²) in [5, 5.41) is 12.9. The number of benzene rings is 3. The summed E-state index contributed by atoms with van der Waals surface area (Å²) in [5.74, 6) is -1.41. The second kappa shape index (κ2) is 9.54. The molecule has 0 aliphatic heterocycles. The molecule has 0 saturated carbocycles. The van der Waals surface area contributed by atoms with E-state index in [0.717, 1.165) is 27.8 Å². The predicted molar refractivity (Wildman–Crippen MR) is 147 cm³/mol. The largest absolute Gasteiger partial charge is 0.477 e. The van der Waals surface area contributed by atoms with Crippen LogP contribution in [0.1, 0.15) is 32.1 Å². The molecule has 0 bridgehead atoms. The van der Waals surface area contributed by atoms with Gasteiger partial charge in [0.1, 0.15) is 11.4 Å². The molecule has 0 unspecified atom stereocenters. The van der Waals surface area contributed by atoms with Crippen LogP contribution in [0.25, 0.3) is 33.6 Å². The van der Waals surface area contributed by atoms with E-state index in [9.17, 15) is 14.7 Å². The molecule has 5 rings (SSSR count). The summed E-state index contributed by atoms with van der Waals surface area (Å²) in [6, 6.07) is 26.1. The standard InChI is InChI=1S/C30H26N4O3/c1-17-23(19-11-5-3-6-12-19)27(29(35)32-22-16-10-9-15-21(22)31)33-25(17)26-18(2)24(28(34-26)30(36)37)20-13-7-4-8-14-20/h3-16,33-34H,31H2,1-2H3,(H,32,35)(H,36,37). The van der Waals surface area contributed by atoms with Gasteiger partial charge in [-0.25, -0.2) is 4.79 Å². The van der Waals surface area contributed by atoms with Crippen molar-refractivity contribution in [2.45, 2.75) is 13.8 Å². The van der Waals surface area contributed by atoms with Crippen LogP contribution >= 0.6 is 0 Å². The number of hydrogen-bond donors (Lipinski definition) is 5. The van der Waals surface area contributed by atoms with Crippen LogP contribution in [0.5, 0.6) is 0 Å². The van der Waals surface area contributed by atoms with E-state index in [1.54, 1.807) is 24.3 Å². The first-order chi connectivity index (χ1) is 17.9. The van der Waals surface area contributed by atoms with E-state index < -0.39 is 5.97 Å². The lowest BCUT2D eigenvalue weighted by molar-refractivity contribution is 0.0692. The summed E-state index contributed by atoms with van der Waals surface area (Å²) in [6.07, 6.45) is 0. The minimum absolute atomic E-state index is 0.0945. The maximum absolute atomic E-state index is 13.5. The third-order valence-electron chi connectivity index (χ3n) is 6.52. The van der Waals surface area contributed by atoms with E-state index in [0.29, 0.717) is 34.0 Å². The van der Waals surface area contributed by atoms with Crippen LogP contribution in [0.4, 0.5) is 11.4 Å². The normalized spacial score (nSPS) is 10.9. The molecule has 0 saturated heterocycles. The molecule has 7 nitrogen and oxygen atoms in total. The van der Waals surface area contributed by atoms with Gasteiger partial charge in [0, 0.05) is 11.1 Å². The number of hydrogen-bond acceptors (Lipinski definition) is 3. The van der Waals surface area contributed by atoms with Crippen molar-refractivity contribution < 1.29 is 14.7 Å². The fourth-order valence-corrected chi connectivity index (χ4v) is 4.75. The summed E-state index contributed by atoms with van der Waals surface area (Å²) in [5.41, 5.74) is 13.3. The van der Waals surface area contributed by atoms with Crippen molar-refractivity contribution in [2.75, 3.05) is 11.1 Å². The Bertz CT molecular complexity index is 1620. The Hall–Kier alpha value is -5.04. The highest BCUT2D eigenvalue weighted by molar-refractivity contribution is 6.10. The van der Waals surface area contributed by atoms with Crippen molar-refractivity contribution in [3.63, 3.8) is 0 Å². The molecule has 0 radical (unpaired) electrons. The molecule has 1 amide bonds. The smallest absolute Gasteiger partial charge is 0.352 e. The SMILES string of the molecule is Cc1c(-c2[nH]c(C(=O)Nc3ccccc3N)c(-c3ccccc3)c2C)[nH]c(C(=O)O)c1-c1ccccc1. The summed E-state index contributed by atoms with van der Waals surface area (Å²) in [7, 11) is 0. The van der Waals surface area contributed by atoms with E-state index in [1.807, 2.05) is 74.5 Å². The van der Waals surface area contributed by atoms with Crippen molar-refractivity contribution in [3.05, 3.63) is 107 Å². The Morgan fingerprint density at radius 3 is 1.68 bits per heavy atom. The minimum Gasteiger partial charge on any atom is -0.477 e. The number of carbonyl (C=O) groups excluding carboxylic acids is 1. The molecule has 6 N–H and O–H groups in total. The molecule has 184 valence electrons.